The summed E-state index contributed by atoms with van der Waals surface area (Å²) in [5.74, 6) is 0.00269. The van der Waals surface area contributed by atoms with Crippen molar-refractivity contribution in [3.05, 3.63) is 35.1 Å². The first-order valence-corrected chi connectivity index (χ1v) is 6.76. The molecule has 1 heterocycles. The van der Waals surface area contributed by atoms with E-state index in [-0.39, 0.29) is 5.82 Å². The second-order valence-electron chi connectivity index (χ2n) is 4.98. The number of halogens is 1. The van der Waals surface area contributed by atoms with E-state index in [2.05, 4.69) is 11.4 Å². The Morgan fingerprint density at radius 1 is 1.12 bits per heavy atom. The summed E-state index contributed by atoms with van der Waals surface area (Å²) < 4.78 is 13.6. The largest absolute Gasteiger partial charge is 0.317 e. The predicted octanol–water partition coefficient (Wildman–Crippen LogP) is 3.32. The highest BCUT2D eigenvalue weighted by molar-refractivity contribution is 5.35. The third-order valence-electron chi connectivity index (χ3n) is 4.00. The molecular weight excluding hydrogens is 213 g/mol. The van der Waals surface area contributed by atoms with Crippen molar-refractivity contribution in [2.75, 3.05) is 13.1 Å². The van der Waals surface area contributed by atoms with Gasteiger partial charge in [0.2, 0.25) is 0 Å². The Kier molecular flexibility index (Phi) is 3.82. The average Bonchev–Trinajstić information content (AvgIpc) is 2.72. The maximum absolute atomic E-state index is 13.6. The van der Waals surface area contributed by atoms with Gasteiger partial charge < -0.3 is 5.32 Å². The quantitative estimate of drug-likeness (QED) is 0.727. The summed E-state index contributed by atoms with van der Waals surface area (Å²) in [7, 11) is 0. The Morgan fingerprint density at radius 2 is 1.82 bits per heavy atom. The zero-order valence-electron chi connectivity index (χ0n) is 10.9. The first-order valence-electron chi connectivity index (χ1n) is 6.76. The van der Waals surface area contributed by atoms with Gasteiger partial charge in [0.1, 0.15) is 5.82 Å². The molecule has 1 fully saturated rings. The highest BCUT2D eigenvalue weighted by Crippen LogP contribution is 2.43. The molecule has 2 heteroatoms. The Balaban J connectivity index is 0.000000514. The molecule has 94 valence electrons. The van der Waals surface area contributed by atoms with Crippen LogP contribution in [0.2, 0.25) is 0 Å². The number of nitrogens with one attached hydrogen (secondary N) is 1. The summed E-state index contributed by atoms with van der Waals surface area (Å²) in [5, 5.41) is 3.38. The van der Waals surface area contributed by atoms with Crippen molar-refractivity contribution >= 4 is 0 Å². The molecular formula is C15H22FN. The Morgan fingerprint density at radius 3 is 2.47 bits per heavy atom. The van der Waals surface area contributed by atoms with Crippen LogP contribution in [0.3, 0.4) is 0 Å². The van der Waals surface area contributed by atoms with Gasteiger partial charge in [-0.3, -0.25) is 0 Å². The van der Waals surface area contributed by atoms with Gasteiger partial charge >= 0.3 is 0 Å². The molecule has 0 radical (unpaired) electrons. The highest BCUT2D eigenvalue weighted by atomic mass is 19.1. The van der Waals surface area contributed by atoms with Gasteiger partial charge in [0.25, 0.3) is 0 Å². The van der Waals surface area contributed by atoms with E-state index in [0.29, 0.717) is 5.41 Å². The summed E-state index contributed by atoms with van der Waals surface area (Å²) in [6.07, 6.45) is 4.43. The van der Waals surface area contributed by atoms with Crippen molar-refractivity contribution < 1.29 is 4.39 Å². The molecule has 1 saturated heterocycles. The van der Waals surface area contributed by atoms with E-state index < -0.39 is 0 Å². The van der Waals surface area contributed by atoms with E-state index in [1.54, 1.807) is 6.07 Å². The predicted molar refractivity (Wildman–Crippen MR) is 69.7 cm³/mol. The zero-order valence-corrected chi connectivity index (χ0v) is 10.9. The SMILES string of the molecule is CC.Fc1cccc2c1CC1(CCNCC1)C2. The molecule has 17 heavy (non-hydrogen) atoms. The van der Waals surface area contributed by atoms with Crippen LogP contribution >= 0.6 is 0 Å². The minimum Gasteiger partial charge on any atom is -0.317 e. The molecule has 0 atom stereocenters. The molecule has 2 aliphatic rings. The Bertz CT molecular complexity index is 381. The molecule has 3 rings (SSSR count). The van der Waals surface area contributed by atoms with Gasteiger partial charge in [-0.05, 0) is 61.4 Å². The highest BCUT2D eigenvalue weighted by Gasteiger charge is 2.38. The smallest absolute Gasteiger partial charge is 0.126 e. The summed E-state index contributed by atoms with van der Waals surface area (Å²) >= 11 is 0. The lowest BCUT2D eigenvalue weighted by atomic mass is 9.76. The van der Waals surface area contributed by atoms with Gasteiger partial charge in [-0.1, -0.05) is 26.0 Å². The molecule has 0 amide bonds. The summed E-state index contributed by atoms with van der Waals surface area (Å²) in [5.41, 5.74) is 2.60. The second-order valence-corrected chi connectivity index (χ2v) is 4.98. The fourth-order valence-corrected chi connectivity index (χ4v) is 3.12. The van der Waals surface area contributed by atoms with Gasteiger partial charge in [-0.25, -0.2) is 4.39 Å². The topological polar surface area (TPSA) is 12.0 Å². The van der Waals surface area contributed by atoms with Crippen LogP contribution < -0.4 is 5.32 Å². The molecule has 1 aliphatic carbocycles. The molecule has 1 spiro atoms. The van der Waals surface area contributed by atoms with Crippen LogP contribution in [-0.4, -0.2) is 13.1 Å². The molecule has 0 saturated carbocycles. The van der Waals surface area contributed by atoms with Crippen molar-refractivity contribution in [2.24, 2.45) is 5.41 Å². The number of rotatable bonds is 0. The molecule has 1 aliphatic heterocycles. The minimum absolute atomic E-state index is 0.00269. The molecule has 0 aromatic heterocycles. The first kappa shape index (κ1) is 12.6. The Hall–Kier alpha value is -0.890. The maximum Gasteiger partial charge on any atom is 0.126 e. The zero-order chi connectivity index (χ0) is 12.3. The van der Waals surface area contributed by atoms with Crippen LogP contribution in [0.15, 0.2) is 18.2 Å². The average molecular weight is 235 g/mol. The van der Waals surface area contributed by atoms with Gasteiger partial charge in [0.15, 0.2) is 0 Å². The summed E-state index contributed by atoms with van der Waals surface area (Å²) in [6.45, 7) is 6.19. The number of hydrogen-bond donors (Lipinski definition) is 1. The van der Waals surface area contributed by atoms with Gasteiger partial charge in [-0.15, -0.1) is 0 Å². The van der Waals surface area contributed by atoms with Crippen molar-refractivity contribution in [1.82, 2.24) is 5.32 Å². The van der Waals surface area contributed by atoms with Crippen LogP contribution in [0.5, 0.6) is 0 Å². The van der Waals surface area contributed by atoms with E-state index in [0.717, 1.165) is 31.5 Å². The lowest BCUT2D eigenvalue weighted by Gasteiger charge is -2.33. The maximum atomic E-state index is 13.6. The Labute approximate surface area is 103 Å². The van der Waals surface area contributed by atoms with Crippen molar-refractivity contribution in [3.63, 3.8) is 0 Å². The summed E-state index contributed by atoms with van der Waals surface area (Å²) in [6, 6.07) is 5.53. The molecule has 0 unspecified atom stereocenters. The van der Waals surface area contributed by atoms with E-state index in [1.807, 2.05) is 19.9 Å². The third-order valence-corrected chi connectivity index (χ3v) is 4.00. The van der Waals surface area contributed by atoms with Crippen LogP contribution in [0.25, 0.3) is 0 Å². The number of fused-ring (bicyclic) bond motifs is 1. The normalized spacial score (nSPS) is 20.6. The number of hydrogen-bond acceptors (Lipinski definition) is 1. The van der Waals surface area contributed by atoms with Gasteiger partial charge in [0.05, 0.1) is 0 Å². The monoisotopic (exact) mass is 235 g/mol. The fraction of sp³-hybridized carbons (Fsp3) is 0.600. The van der Waals surface area contributed by atoms with Crippen molar-refractivity contribution in [3.8, 4) is 0 Å². The van der Waals surface area contributed by atoms with Crippen molar-refractivity contribution in [1.29, 1.82) is 0 Å². The van der Waals surface area contributed by atoms with E-state index in [4.69, 9.17) is 0 Å². The molecule has 1 aromatic carbocycles. The summed E-state index contributed by atoms with van der Waals surface area (Å²) in [4.78, 5) is 0. The van der Waals surface area contributed by atoms with E-state index >= 15 is 0 Å². The van der Waals surface area contributed by atoms with Crippen LogP contribution in [0.1, 0.15) is 37.8 Å². The number of piperidine rings is 1. The van der Waals surface area contributed by atoms with Crippen LogP contribution in [0, 0.1) is 11.2 Å². The van der Waals surface area contributed by atoms with E-state index in [9.17, 15) is 4.39 Å². The lowest BCUT2D eigenvalue weighted by Crippen LogP contribution is -2.37. The molecule has 1 N–H and O–H groups in total. The van der Waals surface area contributed by atoms with Gasteiger partial charge in [-0.2, -0.15) is 0 Å². The lowest BCUT2D eigenvalue weighted by molar-refractivity contribution is 0.215. The van der Waals surface area contributed by atoms with E-state index in [1.165, 1.54) is 18.4 Å². The standard InChI is InChI=1S/C13H16FN.C2H6/c14-12-3-1-2-10-8-13(9-11(10)12)4-6-15-7-5-13;1-2/h1-3,15H,4-9H2;1-2H3. The molecule has 1 aromatic rings. The number of benzene rings is 1. The second kappa shape index (κ2) is 5.18. The van der Waals surface area contributed by atoms with Crippen molar-refractivity contribution in [2.45, 2.75) is 39.5 Å². The van der Waals surface area contributed by atoms with Crippen LogP contribution in [0.4, 0.5) is 4.39 Å². The first-order chi connectivity index (χ1) is 8.29. The third kappa shape index (κ3) is 2.37. The van der Waals surface area contributed by atoms with Gasteiger partial charge in [0, 0.05) is 0 Å². The molecule has 1 nitrogen and oxygen atoms in total. The minimum atomic E-state index is 0.00269. The fourth-order valence-electron chi connectivity index (χ4n) is 3.12. The van der Waals surface area contributed by atoms with Crippen LogP contribution in [-0.2, 0) is 12.8 Å². The molecule has 0 bridgehead atoms.